The van der Waals surface area contributed by atoms with Crippen molar-refractivity contribution in [2.75, 3.05) is 26.0 Å². The first-order valence-electron chi connectivity index (χ1n) is 6.21. The predicted octanol–water partition coefficient (Wildman–Crippen LogP) is 1.90. The second-order valence-corrected chi connectivity index (χ2v) is 6.62. The van der Waals surface area contributed by atoms with Crippen LogP contribution in [-0.2, 0) is 14.6 Å². The van der Waals surface area contributed by atoms with E-state index in [2.05, 4.69) is 5.32 Å². The van der Waals surface area contributed by atoms with Crippen LogP contribution in [-0.4, -0.2) is 40.3 Å². The molecule has 5 nitrogen and oxygen atoms in total. The maximum absolute atomic E-state index is 11.9. The van der Waals surface area contributed by atoms with Gasteiger partial charge in [-0.05, 0) is 31.5 Å². The first kappa shape index (κ1) is 16.9. The molecule has 7 heteroatoms. The fourth-order valence-electron chi connectivity index (χ4n) is 1.55. The van der Waals surface area contributed by atoms with E-state index in [9.17, 15) is 13.2 Å². The third kappa shape index (κ3) is 5.11. The number of benzene rings is 1. The van der Waals surface area contributed by atoms with Crippen LogP contribution >= 0.6 is 11.6 Å². The first-order valence-corrected chi connectivity index (χ1v) is 8.48. The molecule has 0 aliphatic carbocycles. The average Bonchev–Trinajstić information content (AvgIpc) is 2.37. The summed E-state index contributed by atoms with van der Waals surface area (Å²) in [6, 6.07) is 4.19. The monoisotopic (exact) mass is 319 g/mol. The molecule has 1 N–H and O–H groups in total. The van der Waals surface area contributed by atoms with Crippen molar-refractivity contribution in [3.05, 3.63) is 28.8 Å². The Morgan fingerprint density at radius 3 is 2.70 bits per heavy atom. The van der Waals surface area contributed by atoms with Gasteiger partial charge in [-0.2, -0.15) is 0 Å². The smallest absolute Gasteiger partial charge is 0.251 e. The molecule has 20 heavy (non-hydrogen) atoms. The Morgan fingerprint density at radius 2 is 2.10 bits per heavy atom. The highest BCUT2D eigenvalue weighted by atomic mass is 35.5. The molecular formula is C13H18ClNO4S. The Hall–Kier alpha value is -1.11. The molecule has 0 radical (unpaired) electrons. The quantitative estimate of drug-likeness (QED) is 0.779. The molecule has 1 rings (SSSR count). The number of rotatable bonds is 7. The number of amides is 1. The molecule has 112 valence electrons. The molecule has 0 bridgehead atoms. The molecule has 1 aromatic carbocycles. The van der Waals surface area contributed by atoms with Gasteiger partial charge in [0, 0.05) is 31.6 Å². The van der Waals surface area contributed by atoms with Gasteiger partial charge in [0.2, 0.25) is 0 Å². The molecule has 0 aromatic heterocycles. The maximum atomic E-state index is 11.9. The molecule has 1 aromatic rings. The number of nitrogens with one attached hydrogen (secondary N) is 1. The molecule has 0 saturated heterocycles. The summed E-state index contributed by atoms with van der Waals surface area (Å²) in [4.78, 5) is 11.8. The maximum Gasteiger partial charge on any atom is 0.251 e. The lowest BCUT2D eigenvalue weighted by atomic mass is 10.2. The van der Waals surface area contributed by atoms with Gasteiger partial charge in [0.15, 0.2) is 9.84 Å². The van der Waals surface area contributed by atoms with E-state index >= 15 is 0 Å². The van der Waals surface area contributed by atoms with Gasteiger partial charge >= 0.3 is 0 Å². The van der Waals surface area contributed by atoms with Gasteiger partial charge in [0.25, 0.3) is 5.91 Å². The Bertz CT molecular complexity index is 572. The van der Waals surface area contributed by atoms with Crippen LogP contribution in [0.1, 0.15) is 23.7 Å². The van der Waals surface area contributed by atoms with Crippen LogP contribution in [0.15, 0.2) is 23.1 Å². The minimum atomic E-state index is -3.45. The van der Waals surface area contributed by atoms with Crippen LogP contribution in [0, 0.1) is 0 Å². The normalized spacial score (nSPS) is 11.3. The van der Waals surface area contributed by atoms with Crippen molar-refractivity contribution in [2.24, 2.45) is 0 Å². The highest BCUT2D eigenvalue weighted by molar-refractivity contribution is 7.90. The Labute approximate surface area is 124 Å². The van der Waals surface area contributed by atoms with Crippen molar-refractivity contribution in [1.29, 1.82) is 0 Å². The molecule has 0 aliphatic heterocycles. The Morgan fingerprint density at radius 1 is 1.40 bits per heavy atom. The van der Waals surface area contributed by atoms with E-state index in [1.165, 1.54) is 18.2 Å². The van der Waals surface area contributed by atoms with Crippen molar-refractivity contribution in [2.45, 2.75) is 18.2 Å². The third-order valence-corrected chi connectivity index (χ3v) is 4.13. The van der Waals surface area contributed by atoms with E-state index < -0.39 is 9.84 Å². The van der Waals surface area contributed by atoms with Gasteiger partial charge in [-0.25, -0.2) is 8.42 Å². The Kier molecular flexibility index (Phi) is 6.45. The summed E-state index contributed by atoms with van der Waals surface area (Å²) in [5.41, 5.74) is 0.270. The van der Waals surface area contributed by atoms with Gasteiger partial charge in [0.1, 0.15) is 0 Å². The topological polar surface area (TPSA) is 72.5 Å². The van der Waals surface area contributed by atoms with Crippen molar-refractivity contribution in [3.8, 4) is 0 Å². The molecule has 0 atom stereocenters. The minimum absolute atomic E-state index is 0.0406. The molecular weight excluding hydrogens is 302 g/mol. The van der Waals surface area contributed by atoms with E-state index in [4.69, 9.17) is 16.3 Å². The molecule has 0 spiro atoms. The zero-order valence-electron chi connectivity index (χ0n) is 11.5. The predicted molar refractivity (Wildman–Crippen MR) is 78.0 cm³/mol. The van der Waals surface area contributed by atoms with Crippen molar-refractivity contribution in [1.82, 2.24) is 5.32 Å². The number of carbonyl (C=O) groups is 1. The molecule has 0 heterocycles. The first-order chi connectivity index (χ1) is 9.36. The summed E-state index contributed by atoms with van der Waals surface area (Å²) < 4.78 is 28.2. The fourth-order valence-corrected chi connectivity index (χ4v) is 2.85. The van der Waals surface area contributed by atoms with Crippen molar-refractivity contribution < 1.29 is 17.9 Å². The number of carbonyl (C=O) groups excluding carboxylic acids is 1. The molecule has 0 aliphatic rings. The molecule has 1 amide bonds. The zero-order chi connectivity index (χ0) is 15.2. The van der Waals surface area contributed by atoms with Gasteiger partial charge in [0.05, 0.1) is 9.92 Å². The minimum Gasteiger partial charge on any atom is -0.382 e. The van der Waals surface area contributed by atoms with Crippen LogP contribution < -0.4 is 5.32 Å². The summed E-state index contributed by atoms with van der Waals surface area (Å²) in [6.07, 6.45) is 1.75. The summed E-state index contributed by atoms with van der Waals surface area (Å²) >= 11 is 5.82. The standard InChI is InChI=1S/C13H18ClNO4S/c1-3-19-8-4-7-15-13(16)10-5-6-11(14)12(9-10)20(2,17)18/h5-6,9H,3-4,7-8H2,1-2H3,(H,15,16). The van der Waals surface area contributed by atoms with Gasteiger partial charge < -0.3 is 10.1 Å². The summed E-state index contributed by atoms with van der Waals surface area (Å²) in [5.74, 6) is -0.330. The van der Waals surface area contributed by atoms with Gasteiger partial charge in [-0.1, -0.05) is 11.6 Å². The van der Waals surface area contributed by atoms with Crippen LogP contribution in [0.2, 0.25) is 5.02 Å². The van der Waals surface area contributed by atoms with E-state index in [-0.39, 0.29) is 21.4 Å². The molecule has 0 fully saturated rings. The van der Waals surface area contributed by atoms with E-state index in [0.29, 0.717) is 26.2 Å². The van der Waals surface area contributed by atoms with E-state index in [0.717, 1.165) is 6.26 Å². The highest BCUT2D eigenvalue weighted by Gasteiger charge is 2.15. The number of hydrogen-bond acceptors (Lipinski definition) is 4. The number of ether oxygens (including phenoxy) is 1. The van der Waals surface area contributed by atoms with Crippen LogP contribution in [0.25, 0.3) is 0 Å². The zero-order valence-corrected chi connectivity index (χ0v) is 13.1. The SMILES string of the molecule is CCOCCCNC(=O)c1ccc(Cl)c(S(C)(=O)=O)c1. The van der Waals surface area contributed by atoms with Crippen LogP contribution in [0.3, 0.4) is 0 Å². The fraction of sp³-hybridized carbons (Fsp3) is 0.462. The van der Waals surface area contributed by atoms with E-state index in [1.807, 2.05) is 6.92 Å². The van der Waals surface area contributed by atoms with Gasteiger partial charge in [-0.15, -0.1) is 0 Å². The van der Waals surface area contributed by atoms with Crippen LogP contribution in [0.5, 0.6) is 0 Å². The van der Waals surface area contributed by atoms with E-state index in [1.54, 1.807) is 0 Å². The second kappa shape index (κ2) is 7.61. The largest absolute Gasteiger partial charge is 0.382 e. The van der Waals surface area contributed by atoms with Crippen LogP contribution in [0.4, 0.5) is 0 Å². The van der Waals surface area contributed by atoms with Crippen molar-refractivity contribution >= 4 is 27.3 Å². The number of hydrogen-bond donors (Lipinski definition) is 1. The lowest BCUT2D eigenvalue weighted by Gasteiger charge is -2.07. The number of halogens is 1. The summed E-state index contributed by atoms with van der Waals surface area (Å²) in [5, 5.41) is 2.81. The van der Waals surface area contributed by atoms with Crippen molar-refractivity contribution in [3.63, 3.8) is 0 Å². The number of sulfone groups is 1. The second-order valence-electron chi connectivity index (χ2n) is 4.22. The molecule has 0 unspecified atom stereocenters. The lowest BCUT2D eigenvalue weighted by Crippen LogP contribution is -2.25. The highest BCUT2D eigenvalue weighted by Crippen LogP contribution is 2.22. The average molecular weight is 320 g/mol. The third-order valence-electron chi connectivity index (χ3n) is 2.55. The molecule has 0 saturated carbocycles. The van der Waals surface area contributed by atoms with Gasteiger partial charge in [-0.3, -0.25) is 4.79 Å². The summed E-state index contributed by atoms with van der Waals surface area (Å²) in [7, 11) is -3.45. The summed E-state index contributed by atoms with van der Waals surface area (Å²) in [6.45, 7) is 3.59. The Balaban J connectivity index is 2.70. The lowest BCUT2D eigenvalue weighted by molar-refractivity contribution is 0.0944.